The topological polar surface area (TPSA) is 109 Å². The van der Waals surface area contributed by atoms with Crippen molar-refractivity contribution in [1.29, 1.82) is 0 Å². The lowest BCUT2D eigenvalue weighted by atomic mass is 10.2. The van der Waals surface area contributed by atoms with Crippen molar-refractivity contribution < 1.29 is 9.90 Å². The maximum atomic E-state index is 11.6. The normalized spacial score (nSPS) is 13.3. The van der Waals surface area contributed by atoms with Crippen LogP contribution in [0.5, 0.6) is 0 Å². The minimum atomic E-state index is -0.922. The van der Waals surface area contributed by atoms with Gasteiger partial charge in [-0.25, -0.2) is 4.98 Å². The number of nitrogens with one attached hydrogen (secondary N) is 1. The van der Waals surface area contributed by atoms with E-state index in [9.17, 15) is 9.90 Å². The average Bonchev–Trinajstić information content (AvgIpc) is 3.25. The summed E-state index contributed by atoms with van der Waals surface area (Å²) < 4.78 is 1.51. The minimum absolute atomic E-state index is 0.0524. The second-order valence-electron chi connectivity index (χ2n) is 6.81. The Labute approximate surface area is 169 Å². The molecule has 2 unspecified atom stereocenters. The molecule has 0 bridgehead atoms. The van der Waals surface area contributed by atoms with E-state index in [2.05, 4.69) is 37.2 Å². The fraction of sp³-hybridized carbons (Fsp3) is 0.350. The molecular weight excluding hydrogens is 370 g/mol. The molecular formula is C20H25N7O2. The van der Waals surface area contributed by atoms with E-state index in [1.54, 1.807) is 12.4 Å². The van der Waals surface area contributed by atoms with Crippen molar-refractivity contribution in [2.75, 3.05) is 6.54 Å². The quantitative estimate of drug-likeness (QED) is 0.499. The Kier molecular flexibility index (Phi) is 7.37. The van der Waals surface area contributed by atoms with Crippen molar-refractivity contribution in [3.05, 3.63) is 72.8 Å². The number of hydrogen-bond donors (Lipinski definition) is 2. The van der Waals surface area contributed by atoms with Crippen LogP contribution in [0.1, 0.15) is 18.3 Å². The summed E-state index contributed by atoms with van der Waals surface area (Å²) in [5.41, 5.74) is 1.90. The first-order valence-electron chi connectivity index (χ1n) is 9.44. The third-order valence-electron chi connectivity index (χ3n) is 4.60. The molecule has 0 aliphatic carbocycles. The van der Waals surface area contributed by atoms with Crippen LogP contribution in [0.2, 0.25) is 0 Å². The number of rotatable bonds is 11. The molecule has 3 aromatic rings. The van der Waals surface area contributed by atoms with Crippen molar-refractivity contribution in [3.8, 4) is 0 Å². The molecule has 0 fully saturated rings. The maximum absolute atomic E-state index is 11.6. The summed E-state index contributed by atoms with van der Waals surface area (Å²) in [6.07, 6.45) is 6.45. The van der Waals surface area contributed by atoms with E-state index in [4.69, 9.17) is 0 Å². The lowest BCUT2D eigenvalue weighted by molar-refractivity contribution is -0.140. The molecule has 2 N–H and O–H groups in total. The van der Waals surface area contributed by atoms with Crippen LogP contribution in [-0.2, 0) is 24.4 Å². The molecule has 152 valence electrons. The van der Waals surface area contributed by atoms with Gasteiger partial charge in [0.25, 0.3) is 0 Å². The van der Waals surface area contributed by atoms with Crippen LogP contribution < -0.4 is 5.32 Å². The second-order valence-corrected chi connectivity index (χ2v) is 6.81. The highest BCUT2D eigenvalue weighted by Crippen LogP contribution is 2.11. The van der Waals surface area contributed by atoms with Crippen molar-refractivity contribution in [2.24, 2.45) is 0 Å². The molecule has 0 saturated heterocycles. The van der Waals surface area contributed by atoms with E-state index in [0.717, 1.165) is 11.4 Å². The van der Waals surface area contributed by atoms with Gasteiger partial charge < -0.3 is 10.4 Å². The highest BCUT2D eigenvalue weighted by molar-refractivity contribution is 5.73. The number of carbonyl (C=O) groups is 1. The first-order valence-corrected chi connectivity index (χ1v) is 9.44. The summed E-state index contributed by atoms with van der Waals surface area (Å²) in [4.78, 5) is 26.6. The van der Waals surface area contributed by atoms with Gasteiger partial charge in [-0.05, 0) is 31.2 Å². The molecule has 0 radical (unpaired) electrons. The monoisotopic (exact) mass is 395 g/mol. The molecule has 0 saturated carbocycles. The molecule has 0 aliphatic heterocycles. The van der Waals surface area contributed by atoms with Crippen molar-refractivity contribution in [2.45, 2.75) is 38.6 Å². The molecule has 3 rings (SSSR count). The smallest absolute Gasteiger partial charge is 0.322 e. The van der Waals surface area contributed by atoms with E-state index in [-0.39, 0.29) is 12.6 Å². The van der Waals surface area contributed by atoms with Crippen molar-refractivity contribution >= 4 is 5.97 Å². The Morgan fingerprint density at radius 2 is 1.79 bits per heavy atom. The Balaban J connectivity index is 1.65. The third-order valence-corrected chi connectivity index (χ3v) is 4.60. The van der Waals surface area contributed by atoms with Crippen molar-refractivity contribution in [3.63, 3.8) is 0 Å². The van der Waals surface area contributed by atoms with Gasteiger partial charge in [0.05, 0.1) is 17.9 Å². The number of carboxylic acid groups (broad SMARTS) is 1. The highest BCUT2D eigenvalue weighted by atomic mass is 16.4. The number of hydrogen-bond acceptors (Lipinski definition) is 7. The molecule has 9 heteroatoms. The predicted molar refractivity (Wildman–Crippen MR) is 107 cm³/mol. The Hall–Kier alpha value is -3.17. The van der Waals surface area contributed by atoms with Crippen molar-refractivity contribution in [1.82, 2.24) is 34.9 Å². The molecule has 0 aromatic carbocycles. The standard InChI is InChI=1S/C20H25N7O2/c1-16(10-24-19(20(28)29)13-27-15-21-14-25-27)26(11-17-6-2-4-8-22-17)12-18-7-3-5-9-23-18/h2-9,14-16,19,24H,10-13H2,1H3,(H,28,29). The first-order chi connectivity index (χ1) is 14.1. The lowest BCUT2D eigenvalue weighted by Crippen LogP contribution is -2.47. The molecule has 2 atom stereocenters. The zero-order chi connectivity index (χ0) is 20.5. The van der Waals surface area contributed by atoms with Gasteiger partial charge in [-0.3, -0.25) is 24.3 Å². The maximum Gasteiger partial charge on any atom is 0.322 e. The van der Waals surface area contributed by atoms with Gasteiger partial charge in [0.1, 0.15) is 18.7 Å². The number of pyridine rings is 2. The van der Waals surface area contributed by atoms with Crippen LogP contribution in [-0.4, -0.2) is 59.3 Å². The third kappa shape index (κ3) is 6.44. The zero-order valence-electron chi connectivity index (χ0n) is 16.3. The Morgan fingerprint density at radius 3 is 2.28 bits per heavy atom. The van der Waals surface area contributed by atoms with Crippen LogP contribution in [0.3, 0.4) is 0 Å². The van der Waals surface area contributed by atoms with Crippen LogP contribution in [0.25, 0.3) is 0 Å². The largest absolute Gasteiger partial charge is 0.480 e. The van der Waals surface area contributed by atoms with E-state index >= 15 is 0 Å². The average molecular weight is 395 g/mol. The van der Waals surface area contributed by atoms with Gasteiger partial charge >= 0.3 is 5.97 Å². The summed E-state index contributed by atoms with van der Waals surface area (Å²) in [6.45, 7) is 4.04. The Morgan fingerprint density at radius 1 is 1.14 bits per heavy atom. The lowest BCUT2D eigenvalue weighted by Gasteiger charge is -2.29. The Bertz CT molecular complexity index is 818. The van der Waals surface area contributed by atoms with Gasteiger partial charge in [0.15, 0.2) is 0 Å². The molecule has 9 nitrogen and oxygen atoms in total. The van der Waals surface area contributed by atoms with Crippen LogP contribution >= 0.6 is 0 Å². The van der Waals surface area contributed by atoms with Gasteiger partial charge in [0.2, 0.25) is 0 Å². The second kappa shape index (κ2) is 10.4. The van der Waals surface area contributed by atoms with Gasteiger partial charge in [-0.15, -0.1) is 0 Å². The first kappa shape index (κ1) is 20.6. The van der Waals surface area contributed by atoms with Crippen LogP contribution in [0.4, 0.5) is 0 Å². The molecule has 0 spiro atoms. The number of aromatic nitrogens is 5. The van der Waals surface area contributed by atoms with E-state index in [0.29, 0.717) is 19.6 Å². The van der Waals surface area contributed by atoms with E-state index in [1.165, 1.54) is 17.3 Å². The summed E-state index contributed by atoms with van der Waals surface area (Å²) in [5, 5.41) is 16.7. The molecule has 3 aromatic heterocycles. The summed E-state index contributed by atoms with van der Waals surface area (Å²) in [5.74, 6) is -0.922. The molecule has 0 amide bonds. The fourth-order valence-electron chi connectivity index (χ4n) is 2.95. The fourth-order valence-corrected chi connectivity index (χ4v) is 2.95. The van der Waals surface area contributed by atoms with Gasteiger partial charge in [-0.2, -0.15) is 5.10 Å². The van der Waals surface area contributed by atoms with E-state index < -0.39 is 12.0 Å². The number of aliphatic carboxylic acids is 1. The molecule has 3 heterocycles. The zero-order valence-corrected chi connectivity index (χ0v) is 16.3. The number of nitrogens with zero attached hydrogens (tertiary/aromatic N) is 6. The SMILES string of the molecule is CC(CNC(Cn1cncn1)C(=O)O)N(Cc1ccccn1)Cc1ccccn1. The van der Waals surface area contributed by atoms with Gasteiger partial charge in [0, 0.05) is 38.1 Å². The predicted octanol–water partition coefficient (Wildman–Crippen LogP) is 1.20. The van der Waals surface area contributed by atoms with Crippen LogP contribution in [0.15, 0.2) is 61.4 Å². The summed E-state index contributed by atoms with van der Waals surface area (Å²) in [6, 6.07) is 11.0. The van der Waals surface area contributed by atoms with Gasteiger partial charge in [-0.1, -0.05) is 12.1 Å². The highest BCUT2D eigenvalue weighted by Gasteiger charge is 2.22. The number of carboxylic acids is 1. The minimum Gasteiger partial charge on any atom is -0.480 e. The summed E-state index contributed by atoms with van der Waals surface area (Å²) >= 11 is 0. The molecule has 29 heavy (non-hydrogen) atoms. The summed E-state index contributed by atoms with van der Waals surface area (Å²) in [7, 11) is 0. The van der Waals surface area contributed by atoms with E-state index in [1.807, 2.05) is 36.4 Å². The van der Waals surface area contributed by atoms with Crippen LogP contribution in [0, 0.1) is 0 Å². The molecule has 0 aliphatic rings.